The molecule has 1 aromatic carbocycles. The van der Waals surface area contributed by atoms with Crippen LogP contribution >= 0.6 is 0 Å². The molecule has 6 nitrogen and oxygen atoms in total. The van der Waals surface area contributed by atoms with Gasteiger partial charge in [-0.3, -0.25) is 9.58 Å². The summed E-state index contributed by atoms with van der Waals surface area (Å²) in [6.45, 7) is 4.91. The van der Waals surface area contributed by atoms with Crippen molar-refractivity contribution < 1.29 is 4.39 Å². The molecule has 1 aliphatic heterocycles. The van der Waals surface area contributed by atoms with Gasteiger partial charge in [0.25, 0.3) is 0 Å². The number of rotatable bonds is 5. The second-order valence-corrected chi connectivity index (χ2v) is 8.30. The summed E-state index contributed by atoms with van der Waals surface area (Å²) in [4.78, 5) is 13.7. The molecule has 0 saturated carbocycles. The minimum Gasteiger partial charge on any atom is -0.347 e. The minimum atomic E-state index is -0.237. The van der Waals surface area contributed by atoms with E-state index >= 15 is 0 Å². The first-order chi connectivity index (χ1) is 14.4. The van der Waals surface area contributed by atoms with E-state index in [-0.39, 0.29) is 11.7 Å². The Morgan fingerprint density at radius 1 is 1.17 bits per heavy atom. The second-order valence-electron chi connectivity index (χ2n) is 8.30. The van der Waals surface area contributed by atoms with E-state index in [1.54, 1.807) is 12.3 Å². The molecular weight excluding hydrogens is 379 g/mol. The molecule has 1 saturated heterocycles. The van der Waals surface area contributed by atoms with Crippen molar-refractivity contribution >= 4 is 5.95 Å². The Morgan fingerprint density at radius 2 is 1.97 bits per heavy atom. The number of nitrogens with zero attached hydrogens (tertiary/aromatic N) is 6. The van der Waals surface area contributed by atoms with Crippen molar-refractivity contribution in [3.05, 3.63) is 59.4 Å². The second kappa shape index (κ2) is 8.52. The van der Waals surface area contributed by atoms with Crippen molar-refractivity contribution in [2.75, 3.05) is 32.1 Å². The zero-order chi connectivity index (χ0) is 21.3. The van der Waals surface area contributed by atoms with E-state index in [4.69, 9.17) is 4.98 Å². The highest BCUT2D eigenvalue weighted by Crippen LogP contribution is 2.35. The van der Waals surface area contributed by atoms with Gasteiger partial charge in [-0.15, -0.1) is 0 Å². The Hall–Kier alpha value is -2.80. The Kier molecular flexibility index (Phi) is 5.81. The molecule has 1 aliphatic rings. The molecule has 30 heavy (non-hydrogen) atoms. The fourth-order valence-corrected chi connectivity index (χ4v) is 4.16. The molecule has 0 N–H and O–H groups in total. The highest BCUT2D eigenvalue weighted by Gasteiger charge is 2.27. The lowest BCUT2D eigenvalue weighted by Gasteiger charge is -2.33. The molecule has 0 spiro atoms. The molecular formula is C23H29FN6. The quantitative estimate of drug-likeness (QED) is 0.643. The van der Waals surface area contributed by atoms with Gasteiger partial charge in [0, 0.05) is 68.7 Å². The number of hydrogen-bond donors (Lipinski definition) is 0. The van der Waals surface area contributed by atoms with Crippen molar-refractivity contribution in [2.24, 2.45) is 7.05 Å². The third-order valence-corrected chi connectivity index (χ3v) is 5.99. The summed E-state index contributed by atoms with van der Waals surface area (Å²) >= 11 is 0. The predicted molar refractivity (Wildman–Crippen MR) is 117 cm³/mol. The lowest BCUT2D eigenvalue weighted by molar-refractivity contribution is 0.198. The summed E-state index contributed by atoms with van der Waals surface area (Å²) in [6, 6.07) is 6.89. The van der Waals surface area contributed by atoms with Crippen LogP contribution in [0.1, 0.15) is 35.7 Å². The van der Waals surface area contributed by atoms with Crippen molar-refractivity contribution in [2.45, 2.75) is 32.2 Å². The molecule has 3 aromatic rings. The van der Waals surface area contributed by atoms with E-state index in [1.807, 2.05) is 49.1 Å². The Bertz CT molecular complexity index is 1030. The van der Waals surface area contributed by atoms with Gasteiger partial charge in [0.05, 0.1) is 11.9 Å². The average Bonchev–Trinajstić information content (AvgIpc) is 3.06. The standard InChI is InChI=1S/C23H29FN6/c1-16-18(12-26-29(16)4)15-30-11-7-8-17(14-30)22-20(13-25-23(27-22)28(2)3)19-9-5-6-10-21(19)24/h5-6,9-10,12-13,17H,7-8,11,14-15H2,1-4H3. The topological polar surface area (TPSA) is 50.1 Å². The zero-order valence-corrected chi connectivity index (χ0v) is 18.1. The first-order valence-corrected chi connectivity index (χ1v) is 10.4. The van der Waals surface area contributed by atoms with Gasteiger partial charge < -0.3 is 4.90 Å². The van der Waals surface area contributed by atoms with Gasteiger partial charge in [-0.05, 0) is 32.4 Å². The summed E-state index contributed by atoms with van der Waals surface area (Å²) in [6.07, 6.45) is 5.86. The van der Waals surface area contributed by atoms with E-state index in [2.05, 4.69) is 21.9 Å². The molecule has 1 fully saturated rings. The van der Waals surface area contributed by atoms with Gasteiger partial charge in [-0.1, -0.05) is 18.2 Å². The molecule has 158 valence electrons. The van der Waals surface area contributed by atoms with E-state index < -0.39 is 0 Å². The molecule has 1 atom stereocenters. The molecule has 1 unspecified atom stereocenters. The van der Waals surface area contributed by atoms with Gasteiger partial charge in [0.15, 0.2) is 0 Å². The number of aromatic nitrogens is 4. The van der Waals surface area contributed by atoms with Gasteiger partial charge in [-0.25, -0.2) is 14.4 Å². The largest absolute Gasteiger partial charge is 0.347 e. The van der Waals surface area contributed by atoms with Crippen molar-refractivity contribution in [3.8, 4) is 11.1 Å². The van der Waals surface area contributed by atoms with Crippen LogP contribution < -0.4 is 4.90 Å². The molecule has 0 bridgehead atoms. The zero-order valence-electron chi connectivity index (χ0n) is 18.1. The number of likely N-dealkylation sites (tertiary alicyclic amines) is 1. The van der Waals surface area contributed by atoms with Gasteiger partial charge in [0.2, 0.25) is 5.95 Å². The van der Waals surface area contributed by atoms with E-state index in [1.165, 1.54) is 17.3 Å². The smallest absolute Gasteiger partial charge is 0.225 e. The minimum absolute atomic E-state index is 0.229. The molecule has 3 heterocycles. The van der Waals surface area contributed by atoms with Gasteiger partial charge >= 0.3 is 0 Å². The van der Waals surface area contributed by atoms with Crippen LogP contribution in [0.2, 0.25) is 0 Å². The first-order valence-electron chi connectivity index (χ1n) is 10.4. The lowest BCUT2D eigenvalue weighted by atomic mass is 9.89. The van der Waals surface area contributed by atoms with Gasteiger partial charge in [-0.2, -0.15) is 5.10 Å². The molecule has 7 heteroatoms. The summed E-state index contributed by atoms with van der Waals surface area (Å²) in [7, 11) is 5.84. The highest BCUT2D eigenvalue weighted by molar-refractivity contribution is 5.67. The van der Waals surface area contributed by atoms with Crippen LogP contribution in [0.3, 0.4) is 0 Å². The molecule has 0 amide bonds. The van der Waals surface area contributed by atoms with Crippen LogP contribution in [0.4, 0.5) is 10.3 Å². The fourth-order valence-electron chi connectivity index (χ4n) is 4.16. The highest BCUT2D eigenvalue weighted by atomic mass is 19.1. The average molecular weight is 409 g/mol. The summed E-state index contributed by atoms with van der Waals surface area (Å²) in [5.41, 5.74) is 4.75. The first kappa shape index (κ1) is 20.5. The summed E-state index contributed by atoms with van der Waals surface area (Å²) in [5.74, 6) is 0.649. The Morgan fingerprint density at radius 3 is 2.67 bits per heavy atom. The maximum absolute atomic E-state index is 14.6. The van der Waals surface area contributed by atoms with Crippen molar-refractivity contribution in [1.82, 2.24) is 24.6 Å². The predicted octanol–water partition coefficient (Wildman–Crippen LogP) is 3.77. The Labute approximate surface area is 177 Å². The molecule has 0 radical (unpaired) electrons. The summed E-state index contributed by atoms with van der Waals surface area (Å²) in [5, 5.41) is 4.38. The van der Waals surface area contributed by atoms with Crippen LogP contribution in [0, 0.1) is 12.7 Å². The maximum Gasteiger partial charge on any atom is 0.225 e. The van der Waals surface area contributed by atoms with E-state index in [0.717, 1.165) is 43.7 Å². The van der Waals surface area contributed by atoms with Crippen LogP contribution in [-0.4, -0.2) is 51.8 Å². The molecule has 4 rings (SSSR count). The van der Waals surface area contributed by atoms with E-state index in [9.17, 15) is 4.39 Å². The van der Waals surface area contributed by atoms with Crippen molar-refractivity contribution in [3.63, 3.8) is 0 Å². The fraction of sp³-hybridized carbons (Fsp3) is 0.435. The molecule has 0 aliphatic carbocycles. The number of halogens is 1. The summed E-state index contributed by atoms with van der Waals surface area (Å²) < 4.78 is 16.5. The number of benzene rings is 1. The number of piperidine rings is 1. The van der Waals surface area contributed by atoms with Crippen LogP contribution in [0.5, 0.6) is 0 Å². The van der Waals surface area contributed by atoms with Crippen LogP contribution in [-0.2, 0) is 13.6 Å². The third kappa shape index (κ3) is 4.07. The van der Waals surface area contributed by atoms with Crippen LogP contribution in [0.15, 0.2) is 36.7 Å². The third-order valence-electron chi connectivity index (χ3n) is 5.99. The van der Waals surface area contributed by atoms with E-state index in [0.29, 0.717) is 11.5 Å². The number of hydrogen-bond acceptors (Lipinski definition) is 5. The maximum atomic E-state index is 14.6. The molecule has 2 aromatic heterocycles. The number of aryl methyl sites for hydroxylation is 1. The number of anilines is 1. The Balaban J connectivity index is 1.66. The lowest BCUT2D eigenvalue weighted by Crippen LogP contribution is -2.34. The normalized spacial score (nSPS) is 17.3. The monoisotopic (exact) mass is 408 g/mol. The van der Waals surface area contributed by atoms with Crippen molar-refractivity contribution in [1.29, 1.82) is 0 Å². The van der Waals surface area contributed by atoms with Gasteiger partial charge in [0.1, 0.15) is 5.82 Å². The SMILES string of the molecule is Cc1c(CN2CCCC(c3nc(N(C)C)ncc3-c3ccccc3F)C2)cnn1C. The van der Waals surface area contributed by atoms with Crippen LogP contribution in [0.25, 0.3) is 11.1 Å².